The molecule has 4 aliphatic rings. The number of aliphatic carboxylic acids is 1. The topological polar surface area (TPSA) is 83.8 Å². The molecule has 6 atom stereocenters. The molecule has 3 saturated carbocycles. The molecule has 5 heteroatoms. The molecule has 0 bridgehead atoms. The van der Waals surface area contributed by atoms with Crippen molar-refractivity contribution in [1.82, 2.24) is 0 Å². The van der Waals surface area contributed by atoms with Gasteiger partial charge in [0.2, 0.25) is 0 Å². The summed E-state index contributed by atoms with van der Waals surface area (Å²) in [5.41, 5.74) is 0.358. The fourth-order valence-corrected chi connectivity index (χ4v) is 6.92. The SMILES string of the molecule is CCOC1(O)CC[C@H]2[C@@H]3CCC4=CC(=O)C(C(=O)O)=C[C@]4(C)[C@@H]3CC[C@@]21C. The Hall–Kier alpha value is -1.46. The molecule has 2 N–H and O–H groups in total. The molecule has 0 heterocycles. The van der Waals surface area contributed by atoms with E-state index >= 15 is 0 Å². The van der Waals surface area contributed by atoms with Crippen LogP contribution in [0.1, 0.15) is 59.3 Å². The molecule has 1 unspecified atom stereocenters. The Morgan fingerprint density at radius 3 is 2.59 bits per heavy atom. The van der Waals surface area contributed by atoms with Gasteiger partial charge in [-0.1, -0.05) is 25.5 Å². The van der Waals surface area contributed by atoms with Crippen LogP contribution < -0.4 is 0 Å². The summed E-state index contributed by atoms with van der Waals surface area (Å²) in [5, 5.41) is 20.7. The molecule has 3 fully saturated rings. The Morgan fingerprint density at radius 1 is 1.22 bits per heavy atom. The minimum Gasteiger partial charge on any atom is -0.478 e. The van der Waals surface area contributed by atoms with Crippen molar-refractivity contribution in [3.8, 4) is 0 Å². The average molecular weight is 374 g/mol. The summed E-state index contributed by atoms with van der Waals surface area (Å²) in [5.74, 6) is -1.47. The van der Waals surface area contributed by atoms with E-state index in [-0.39, 0.29) is 22.2 Å². The van der Waals surface area contributed by atoms with Crippen LogP contribution in [0.3, 0.4) is 0 Å². The van der Waals surface area contributed by atoms with Crippen molar-refractivity contribution in [2.45, 2.75) is 65.1 Å². The van der Waals surface area contributed by atoms with E-state index in [2.05, 4.69) is 13.8 Å². The van der Waals surface area contributed by atoms with Gasteiger partial charge in [0.1, 0.15) is 5.57 Å². The lowest BCUT2D eigenvalue weighted by Crippen LogP contribution is -2.55. The molecular formula is C22H30O5. The Morgan fingerprint density at radius 2 is 1.93 bits per heavy atom. The zero-order valence-electron chi connectivity index (χ0n) is 16.5. The van der Waals surface area contributed by atoms with Crippen LogP contribution in [0.5, 0.6) is 0 Å². The van der Waals surface area contributed by atoms with Gasteiger partial charge in [-0.3, -0.25) is 4.79 Å². The molecule has 0 aromatic heterocycles. The highest BCUT2D eigenvalue weighted by Crippen LogP contribution is 2.67. The van der Waals surface area contributed by atoms with Crippen LogP contribution in [0, 0.1) is 28.6 Å². The fourth-order valence-electron chi connectivity index (χ4n) is 6.92. The van der Waals surface area contributed by atoms with Gasteiger partial charge in [-0.05, 0) is 62.9 Å². The monoisotopic (exact) mass is 374 g/mol. The number of allylic oxidation sites excluding steroid dienone is 3. The number of rotatable bonds is 3. The fraction of sp³-hybridized carbons (Fsp3) is 0.727. The van der Waals surface area contributed by atoms with Gasteiger partial charge in [0.25, 0.3) is 0 Å². The van der Waals surface area contributed by atoms with E-state index in [0.717, 1.165) is 37.7 Å². The van der Waals surface area contributed by atoms with Gasteiger partial charge in [0, 0.05) is 23.9 Å². The quantitative estimate of drug-likeness (QED) is 0.584. The van der Waals surface area contributed by atoms with Crippen molar-refractivity contribution < 1.29 is 24.5 Å². The van der Waals surface area contributed by atoms with Crippen LogP contribution in [0.4, 0.5) is 0 Å². The van der Waals surface area contributed by atoms with Gasteiger partial charge in [-0.25, -0.2) is 4.79 Å². The standard InChI is InChI=1S/C22H30O5/c1-4-27-22(26)10-8-17-14-6-5-13-11-18(23)15(19(24)25)12-20(13,2)16(14)7-9-21(17,22)3/h11-12,14,16-17,26H,4-10H2,1-3H3,(H,24,25)/t14-,16-,17+,20+,21+,22?/m1/s1. The smallest absolute Gasteiger partial charge is 0.339 e. The number of ketones is 1. The lowest BCUT2D eigenvalue weighted by molar-refractivity contribution is -0.273. The normalized spacial score (nSPS) is 46.1. The van der Waals surface area contributed by atoms with Crippen LogP contribution in [-0.4, -0.2) is 34.4 Å². The first-order valence-corrected chi connectivity index (χ1v) is 10.2. The minimum absolute atomic E-state index is 0.0903. The van der Waals surface area contributed by atoms with Crippen LogP contribution >= 0.6 is 0 Å². The summed E-state index contributed by atoms with van der Waals surface area (Å²) in [7, 11) is 0. The third-order valence-corrected chi connectivity index (χ3v) is 8.35. The largest absolute Gasteiger partial charge is 0.478 e. The summed E-state index contributed by atoms with van der Waals surface area (Å²) >= 11 is 0. The maximum Gasteiger partial charge on any atom is 0.339 e. The predicted octanol–water partition coefficient (Wildman–Crippen LogP) is 3.47. The molecule has 0 aromatic rings. The van der Waals surface area contributed by atoms with Crippen LogP contribution in [0.15, 0.2) is 23.3 Å². The van der Waals surface area contributed by atoms with Gasteiger partial charge in [0.05, 0.1) is 0 Å². The predicted molar refractivity (Wildman–Crippen MR) is 99.8 cm³/mol. The van der Waals surface area contributed by atoms with E-state index < -0.39 is 11.8 Å². The lowest BCUT2D eigenvalue weighted by Gasteiger charge is -2.58. The van der Waals surface area contributed by atoms with Gasteiger partial charge >= 0.3 is 5.97 Å². The molecule has 4 rings (SSSR count). The first kappa shape index (κ1) is 18.9. The third kappa shape index (κ3) is 2.44. The molecular weight excluding hydrogens is 344 g/mol. The number of hydrogen-bond donors (Lipinski definition) is 2. The Balaban J connectivity index is 1.71. The molecule has 0 spiro atoms. The summed E-state index contributed by atoms with van der Waals surface area (Å²) in [6.07, 6.45) is 8.53. The number of carbonyl (C=O) groups excluding carboxylic acids is 1. The van der Waals surface area contributed by atoms with Crippen LogP contribution in [0.25, 0.3) is 0 Å². The number of aliphatic hydroxyl groups is 1. The highest BCUT2D eigenvalue weighted by Gasteiger charge is 2.64. The van der Waals surface area contributed by atoms with Crippen LogP contribution in [0.2, 0.25) is 0 Å². The zero-order valence-corrected chi connectivity index (χ0v) is 16.5. The van der Waals surface area contributed by atoms with Crippen molar-refractivity contribution in [3.05, 3.63) is 23.3 Å². The van der Waals surface area contributed by atoms with E-state index in [1.807, 2.05) is 6.92 Å². The number of carbonyl (C=O) groups is 2. The first-order chi connectivity index (χ1) is 12.7. The highest BCUT2D eigenvalue weighted by atomic mass is 16.6. The van der Waals surface area contributed by atoms with Crippen molar-refractivity contribution in [2.75, 3.05) is 6.61 Å². The number of carboxylic acids is 1. The Bertz CT molecular complexity index is 752. The molecule has 0 saturated heterocycles. The summed E-state index contributed by atoms with van der Waals surface area (Å²) in [4.78, 5) is 23.8. The number of carboxylic acid groups (broad SMARTS) is 1. The summed E-state index contributed by atoms with van der Waals surface area (Å²) in [6.45, 7) is 6.71. The van der Waals surface area contributed by atoms with Crippen molar-refractivity contribution in [1.29, 1.82) is 0 Å². The van der Waals surface area contributed by atoms with Crippen molar-refractivity contribution >= 4 is 11.8 Å². The molecule has 148 valence electrons. The molecule has 0 radical (unpaired) electrons. The Labute approximate surface area is 160 Å². The van der Waals surface area contributed by atoms with E-state index in [1.54, 1.807) is 12.2 Å². The lowest BCUT2D eigenvalue weighted by atomic mass is 9.48. The molecule has 0 aliphatic heterocycles. The second-order valence-electron chi connectivity index (χ2n) is 9.31. The first-order valence-electron chi connectivity index (χ1n) is 10.2. The second kappa shape index (κ2) is 6.02. The van der Waals surface area contributed by atoms with Gasteiger partial charge in [-0.15, -0.1) is 0 Å². The zero-order chi connectivity index (χ0) is 19.6. The highest BCUT2D eigenvalue weighted by molar-refractivity contribution is 6.22. The molecule has 0 amide bonds. The third-order valence-electron chi connectivity index (χ3n) is 8.35. The van der Waals surface area contributed by atoms with E-state index in [1.165, 1.54) is 0 Å². The number of ether oxygens (including phenoxy) is 1. The van der Waals surface area contributed by atoms with Crippen molar-refractivity contribution in [3.63, 3.8) is 0 Å². The summed E-state index contributed by atoms with van der Waals surface area (Å²) in [6, 6.07) is 0. The molecule has 0 aromatic carbocycles. The maximum atomic E-state index is 12.2. The van der Waals surface area contributed by atoms with Crippen molar-refractivity contribution in [2.24, 2.45) is 28.6 Å². The van der Waals surface area contributed by atoms with Gasteiger partial charge in [0.15, 0.2) is 11.6 Å². The minimum atomic E-state index is -1.13. The number of fused-ring (bicyclic) bond motifs is 5. The Kier molecular flexibility index (Phi) is 4.21. The molecule has 4 aliphatic carbocycles. The maximum absolute atomic E-state index is 12.2. The average Bonchev–Trinajstić information content (AvgIpc) is 2.86. The summed E-state index contributed by atoms with van der Waals surface area (Å²) < 4.78 is 5.85. The molecule has 5 nitrogen and oxygen atoms in total. The van der Waals surface area contributed by atoms with E-state index in [0.29, 0.717) is 30.8 Å². The second-order valence-corrected chi connectivity index (χ2v) is 9.31. The van der Waals surface area contributed by atoms with Crippen LogP contribution in [-0.2, 0) is 14.3 Å². The van der Waals surface area contributed by atoms with Gasteiger partial charge < -0.3 is 14.9 Å². The van der Waals surface area contributed by atoms with Gasteiger partial charge in [-0.2, -0.15) is 0 Å². The molecule has 27 heavy (non-hydrogen) atoms. The van der Waals surface area contributed by atoms with E-state index in [9.17, 15) is 19.8 Å². The number of hydrogen-bond acceptors (Lipinski definition) is 4. The van der Waals surface area contributed by atoms with E-state index in [4.69, 9.17) is 4.74 Å².